The van der Waals surface area contributed by atoms with Crippen LogP contribution in [0.4, 0.5) is 0 Å². The van der Waals surface area contributed by atoms with E-state index >= 15 is 0 Å². The maximum absolute atomic E-state index is 9.53. The second-order valence-corrected chi connectivity index (χ2v) is 5.05. The van der Waals surface area contributed by atoms with Crippen LogP contribution in [0.15, 0.2) is 0 Å². The van der Waals surface area contributed by atoms with Crippen molar-refractivity contribution in [2.24, 2.45) is 0 Å². The Bertz CT molecular complexity index is 161. The molecule has 0 unspecified atom stereocenters. The lowest BCUT2D eigenvalue weighted by molar-refractivity contribution is 0.0850. The van der Waals surface area contributed by atoms with E-state index in [1.807, 2.05) is 4.90 Å². The Labute approximate surface area is 115 Å². The summed E-state index contributed by atoms with van der Waals surface area (Å²) < 4.78 is 0. The number of aliphatic hydroxyl groups is 2. The fourth-order valence-electron chi connectivity index (χ4n) is 1.71. The average molecular weight is 286 g/mol. The molecule has 0 radical (unpaired) electrons. The van der Waals surface area contributed by atoms with E-state index in [0.29, 0.717) is 13.1 Å². The average Bonchev–Trinajstić information content (AvgIpc) is 2.33. The Kier molecular flexibility index (Phi) is 11.9. The van der Waals surface area contributed by atoms with Crippen LogP contribution in [0.25, 0.3) is 0 Å². The Balaban J connectivity index is 3.92. The summed E-state index contributed by atoms with van der Waals surface area (Å²) in [6, 6.07) is 0. The predicted octanol–water partition coefficient (Wildman–Crippen LogP) is 2.07. The summed E-state index contributed by atoms with van der Waals surface area (Å²) in [6.45, 7) is 4.06. The van der Waals surface area contributed by atoms with Crippen molar-refractivity contribution in [1.82, 2.24) is 4.90 Å². The van der Waals surface area contributed by atoms with Crippen LogP contribution in [-0.4, -0.2) is 58.7 Å². The number of halogens is 2. The number of unbranched alkanes of at least 4 members (excludes halogenated alkanes) is 3. The van der Waals surface area contributed by atoms with E-state index in [4.69, 9.17) is 23.2 Å². The van der Waals surface area contributed by atoms with Gasteiger partial charge in [-0.3, -0.25) is 4.90 Å². The zero-order chi connectivity index (χ0) is 13.1. The van der Waals surface area contributed by atoms with Gasteiger partial charge >= 0.3 is 0 Å². The third kappa shape index (κ3) is 10.1. The van der Waals surface area contributed by atoms with Crippen molar-refractivity contribution in [2.75, 3.05) is 31.4 Å². The second-order valence-electron chi connectivity index (χ2n) is 4.44. The lowest BCUT2D eigenvalue weighted by Gasteiger charge is -2.26. The van der Waals surface area contributed by atoms with Crippen LogP contribution in [0.5, 0.6) is 0 Å². The van der Waals surface area contributed by atoms with Crippen LogP contribution in [0, 0.1) is 0 Å². The molecule has 0 rings (SSSR count). The van der Waals surface area contributed by atoms with Crippen LogP contribution < -0.4 is 0 Å². The fraction of sp³-hybridized carbons (Fsp3) is 1.00. The minimum absolute atomic E-state index is 0.225. The third-order valence-electron chi connectivity index (χ3n) is 2.62. The first kappa shape index (κ1) is 17.5. The molecule has 0 aromatic carbocycles. The highest BCUT2D eigenvalue weighted by atomic mass is 35.5. The highest BCUT2D eigenvalue weighted by molar-refractivity contribution is 6.18. The molecule has 0 amide bonds. The van der Waals surface area contributed by atoms with E-state index in [2.05, 4.69) is 6.92 Å². The number of hydrogen-bond donors (Lipinski definition) is 2. The van der Waals surface area contributed by atoms with Gasteiger partial charge < -0.3 is 10.2 Å². The van der Waals surface area contributed by atoms with Gasteiger partial charge in [0.1, 0.15) is 0 Å². The Hall–Kier alpha value is 0.460. The maximum atomic E-state index is 9.53. The highest BCUT2D eigenvalue weighted by Crippen LogP contribution is 2.04. The molecule has 0 bridgehead atoms. The molecular weight excluding hydrogens is 261 g/mol. The zero-order valence-corrected chi connectivity index (χ0v) is 12.1. The molecule has 0 saturated heterocycles. The maximum Gasteiger partial charge on any atom is 0.0802 e. The van der Waals surface area contributed by atoms with E-state index in [9.17, 15) is 10.2 Å². The highest BCUT2D eigenvalue weighted by Gasteiger charge is 2.14. The summed E-state index contributed by atoms with van der Waals surface area (Å²) >= 11 is 11.2. The van der Waals surface area contributed by atoms with Gasteiger partial charge in [0.25, 0.3) is 0 Å². The third-order valence-corrected chi connectivity index (χ3v) is 3.33. The first-order valence-corrected chi connectivity index (χ1v) is 7.41. The molecule has 2 N–H and O–H groups in total. The number of aliphatic hydroxyl groups excluding tert-OH is 2. The van der Waals surface area contributed by atoms with Gasteiger partial charge in [-0.1, -0.05) is 26.2 Å². The number of nitrogens with zero attached hydrogens (tertiary/aromatic N) is 1. The molecule has 0 saturated carbocycles. The SMILES string of the molecule is CCCCCCN(C[C@@H](O)CCl)C[C@@H](O)CCl. The number of rotatable bonds is 11. The molecule has 3 nitrogen and oxygen atoms in total. The lowest BCUT2D eigenvalue weighted by atomic mass is 10.2. The summed E-state index contributed by atoms with van der Waals surface area (Å²) in [5, 5.41) is 19.1. The monoisotopic (exact) mass is 285 g/mol. The number of hydrogen-bond acceptors (Lipinski definition) is 3. The van der Waals surface area contributed by atoms with Crippen LogP contribution in [0.3, 0.4) is 0 Å². The smallest absolute Gasteiger partial charge is 0.0802 e. The molecule has 0 spiro atoms. The van der Waals surface area contributed by atoms with Crippen LogP contribution in [0.2, 0.25) is 0 Å². The van der Waals surface area contributed by atoms with Gasteiger partial charge in [0.2, 0.25) is 0 Å². The van der Waals surface area contributed by atoms with E-state index in [1.54, 1.807) is 0 Å². The molecule has 0 aliphatic carbocycles. The fourth-order valence-corrected chi connectivity index (χ4v) is 1.91. The van der Waals surface area contributed by atoms with Crippen molar-refractivity contribution in [1.29, 1.82) is 0 Å². The van der Waals surface area contributed by atoms with Crippen molar-refractivity contribution < 1.29 is 10.2 Å². The summed E-state index contributed by atoms with van der Waals surface area (Å²) in [6.07, 6.45) is 3.62. The molecule has 0 aliphatic heterocycles. The van der Waals surface area contributed by atoms with Crippen molar-refractivity contribution >= 4 is 23.2 Å². The minimum Gasteiger partial charge on any atom is -0.391 e. The van der Waals surface area contributed by atoms with Gasteiger partial charge in [0.15, 0.2) is 0 Å². The van der Waals surface area contributed by atoms with Crippen molar-refractivity contribution in [3.63, 3.8) is 0 Å². The molecule has 0 aromatic rings. The Morgan fingerprint density at radius 1 is 0.941 bits per heavy atom. The molecule has 0 aliphatic rings. The molecule has 104 valence electrons. The van der Waals surface area contributed by atoms with E-state index in [-0.39, 0.29) is 11.8 Å². The summed E-state index contributed by atoms with van der Waals surface area (Å²) in [7, 11) is 0. The molecule has 17 heavy (non-hydrogen) atoms. The van der Waals surface area contributed by atoms with E-state index in [1.165, 1.54) is 19.3 Å². The van der Waals surface area contributed by atoms with Crippen molar-refractivity contribution in [2.45, 2.75) is 44.8 Å². The van der Waals surface area contributed by atoms with Crippen LogP contribution in [-0.2, 0) is 0 Å². The normalized spacial score (nSPS) is 15.2. The van der Waals surface area contributed by atoms with Crippen LogP contribution in [0.1, 0.15) is 32.6 Å². The van der Waals surface area contributed by atoms with E-state index < -0.39 is 12.2 Å². The quantitative estimate of drug-likeness (QED) is 0.451. The largest absolute Gasteiger partial charge is 0.391 e. The van der Waals surface area contributed by atoms with Gasteiger partial charge in [-0.15, -0.1) is 23.2 Å². The van der Waals surface area contributed by atoms with Crippen molar-refractivity contribution in [3.8, 4) is 0 Å². The van der Waals surface area contributed by atoms with Gasteiger partial charge in [-0.05, 0) is 13.0 Å². The lowest BCUT2D eigenvalue weighted by Crippen LogP contribution is -2.39. The van der Waals surface area contributed by atoms with Crippen molar-refractivity contribution in [3.05, 3.63) is 0 Å². The predicted molar refractivity (Wildman–Crippen MR) is 74.0 cm³/mol. The first-order chi connectivity index (χ1) is 8.13. The van der Waals surface area contributed by atoms with Gasteiger partial charge in [0.05, 0.1) is 12.2 Å². The summed E-state index contributed by atoms with van der Waals surface area (Å²) in [5.41, 5.74) is 0. The van der Waals surface area contributed by atoms with Gasteiger partial charge in [0, 0.05) is 24.8 Å². The molecule has 5 heteroatoms. The molecule has 2 atom stereocenters. The second kappa shape index (κ2) is 11.5. The topological polar surface area (TPSA) is 43.7 Å². The summed E-state index contributed by atoms with van der Waals surface area (Å²) in [5.74, 6) is 0.449. The van der Waals surface area contributed by atoms with Gasteiger partial charge in [-0.25, -0.2) is 0 Å². The zero-order valence-electron chi connectivity index (χ0n) is 10.6. The van der Waals surface area contributed by atoms with Gasteiger partial charge in [-0.2, -0.15) is 0 Å². The first-order valence-electron chi connectivity index (χ1n) is 6.34. The summed E-state index contributed by atoms with van der Waals surface area (Å²) in [4.78, 5) is 2.04. The Morgan fingerprint density at radius 2 is 1.47 bits per heavy atom. The molecular formula is C12H25Cl2NO2. The van der Waals surface area contributed by atoms with E-state index in [0.717, 1.165) is 13.0 Å². The Morgan fingerprint density at radius 3 is 1.88 bits per heavy atom. The number of alkyl halides is 2. The minimum atomic E-state index is -0.537. The standard InChI is InChI=1S/C12H25Cl2NO2/c1-2-3-4-5-6-15(9-11(16)7-13)10-12(17)8-14/h11-12,16-17H,2-10H2,1H3/t11-,12-/m0/s1. The molecule has 0 heterocycles. The van der Waals surface area contributed by atoms with Crippen LogP contribution >= 0.6 is 23.2 Å². The molecule has 0 aromatic heterocycles. The molecule has 0 fully saturated rings.